The predicted molar refractivity (Wildman–Crippen MR) is 134 cm³/mol. The normalized spacial score (nSPS) is 18.7. The van der Waals surface area contributed by atoms with Crippen molar-refractivity contribution in [1.82, 2.24) is 24.5 Å². The fourth-order valence-corrected chi connectivity index (χ4v) is 5.17. The largest absolute Gasteiger partial charge is 0.363 e. The smallest absolute Gasteiger partial charge is 0.227 e. The van der Waals surface area contributed by atoms with Gasteiger partial charge in [0.05, 0.1) is 12.9 Å². The lowest BCUT2D eigenvalue weighted by Crippen LogP contribution is -2.33. The second kappa shape index (κ2) is 9.44. The first-order valence-corrected chi connectivity index (χ1v) is 12.4. The van der Waals surface area contributed by atoms with E-state index in [1.165, 1.54) is 9.75 Å². The van der Waals surface area contributed by atoms with Crippen LogP contribution in [0.2, 0.25) is 0 Å². The molecule has 1 aliphatic rings. The fraction of sp³-hybridized carbons (Fsp3) is 0.417. The Hall–Kier alpha value is -3.04. The van der Waals surface area contributed by atoms with Crippen LogP contribution >= 0.6 is 11.3 Å². The summed E-state index contributed by atoms with van der Waals surface area (Å²) < 4.78 is 2.09. The lowest BCUT2D eigenvalue weighted by atomic mass is 9.92. The molecule has 0 atom stereocenters. The molecule has 4 aromatic rings. The molecule has 0 bridgehead atoms. The third-order valence-electron chi connectivity index (χ3n) is 6.12. The summed E-state index contributed by atoms with van der Waals surface area (Å²) in [7, 11) is 0. The van der Waals surface area contributed by atoms with E-state index in [2.05, 4.69) is 57.2 Å². The average Bonchev–Trinajstić information content (AvgIpc) is 3.47. The molecule has 4 heterocycles. The highest BCUT2D eigenvalue weighted by atomic mass is 32.1. The van der Waals surface area contributed by atoms with Crippen LogP contribution in [-0.2, 0) is 6.54 Å². The van der Waals surface area contributed by atoms with Crippen LogP contribution in [-0.4, -0.2) is 36.6 Å². The van der Waals surface area contributed by atoms with Gasteiger partial charge in [-0.2, -0.15) is 9.97 Å². The maximum atomic E-state index is 6.08. The van der Waals surface area contributed by atoms with Crippen LogP contribution in [0.15, 0.2) is 43.0 Å². The van der Waals surface area contributed by atoms with E-state index in [4.69, 9.17) is 15.7 Å². The van der Waals surface area contributed by atoms with Crippen LogP contribution in [0, 0.1) is 0 Å². The van der Waals surface area contributed by atoms with Crippen LogP contribution in [0.25, 0.3) is 21.6 Å². The second-order valence-corrected chi connectivity index (χ2v) is 10.1. The van der Waals surface area contributed by atoms with Crippen LogP contribution in [0.3, 0.4) is 0 Å². The van der Waals surface area contributed by atoms with Crippen molar-refractivity contribution in [1.29, 1.82) is 0 Å². The van der Waals surface area contributed by atoms with Crippen molar-refractivity contribution in [2.45, 2.75) is 64.2 Å². The van der Waals surface area contributed by atoms with Gasteiger partial charge in [0.1, 0.15) is 0 Å². The lowest BCUT2D eigenvalue weighted by Gasteiger charge is -2.27. The average molecular weight is 463 g/mol. The Morgan fingerprint density at radius 2 is 2.00 bits per heavy atom. The zero-order valence-corrected chi connectivity index (χ0v) is 19.8. The quantitative estimate of drug-likeness (QED) is 0.361. The number of nitrogens with one attached hydrogen (secondary N) is 2. The fourth-order valence-electron chi connectivity index (χ4n) is 4.24. The van der Waals surface area contributed by atoms with E-state index >= 15 is 0 Å². The molecular formula is C24H30N8S. The molecular weight excluding hydrogens is 432 g/mol. The molecule has 1 saturated carbocycles. The first-order chi connectivity index (χ1) is 16.1. The Morgan fingerprint density at radius 3 is 2.76 bits per heavy atom. The molecule has 1 aliphatic carbocycles. The van der Waals surface area contributed by atoms with Crippen molar-refractivity contribution in [2.24, 2.45) is 5.73 Å². The monoisotopic (exact) mass is 462 g/mol. The van der Waals surface area contributed by atoms with Gasteiger partial charge in [-0.3, -0.25) is 4.98 Å². The number of nitrogens with zero attached hydrogens (tertiary/aromatic N) is 5. The number of nitrogens with two attached hydrogens (primary N) is 1. The van der Waals surface area contributed by atoms with Crippen molar-refractivity contribution in [3.05, 3.63) is 47.9 Å². The number of fused-ring (bicyclic) bond motifs is 1. The van der Waals surface area contributed by atoms with E-state index in [9.17, 15) is 0 Å². The highest BCUT2D eigenvalue weighted by molar-refractivity contribution is 7.15. The van der Waals surface area contributed by atoms with Gasteiger partial charge in [0.25, 0.3) is 0 Å². The van der Waals surface area contributed by atoms with E-state index in [-0.39, 0.29) is 6.04 Å². The molecule has 0 spiro atoms. The van der Waals surface area contributed by atoms with Crippen LogP contribution in [0.4, 0.5) is 11.8 Å². The van der Waals surface area contributed by atoms with Crippen molar-refractivity contribution in [3.8, 4) is 10.4 Å². The molecule has 0 saturated heterocycles. The van der Waals surface area contributed by atoms with E-state index in [1.807, 2.05) is 18.6 Å². The van der Waals surface area contributed by atoms with Gasteiger partial charge >= 0.3 is 0 Å². The number of anilines is 2. The van der Waals surface area contributed by atoms with Crippen molar-refractivity contribution in [2.75, 3.05) is 10.6 Å². The van der Waals surface area contributed by atoms with Gasteiger partial charge in [0.2, 0.25) is 5.95 Å². The molecule has 1 fully saturated rings. The number of hydrogen-bond acceptors (Lipinski definition) is 8. The molecule has 8 nitrogen and oxygen atoms in total. The lowest BCUT2D eigenvalue weighted by molar-refractivity contribution is 0.410. The number of pyridine rings is 1. The Kier molecular flexibility index (Phi) is 6.24. The molecule has 0 radical (unpaired) electrons. The molecule has 5 rings (SSSR count). The number of aromatic nitrogens is 5. The summed E-state index contributed by atoms with van der Waals surface area (Å²) in [5.41, 5.74) is 8.85. The van der Waals surface area contributed by atoms with Crippen LogP contribution in [0.5, 0.6) is 0 Å². The highest BCUT2D eigenvalue weighted by Gasteiger charge is 2.21. The third kappa shape index (κ3) is 4.84. The van der Waals surface area contributed by atoms with E-state index in [0.29, 0.717) is 24.6 Å². The van der Waals surface area contributed by atoms with Crippen molar-refractivity contribution < 1.29 is 0 Å². The molecule has 0 aromatic carbocycles. The highest BCUT2D eigenvalue weighted by Crippen LogP contribution is 2.29. The second-order valence-electron chi connectivity index (χ2n) is 8.93. The summed E-state index contributed by atoms with van der Waals surface area (Å²) in [5, 5.41) is 7.06. The van der Waals surface area contributed by atoms with E-state index < -0.39 is 0 Å². The van der Waals surface area contributed by atoms with Gasteiger partial charge in [-0.15, -0.1) is 11.3 Å². The van der Waals surface area contributed by atoms with Gasteiger partial charge in [0, 0.05) is 45.8 Å². The molecule has 0 aliphatic heterocycles. The predicted octanol–water partition coefficient (Wildman–Crippen LogP) is 4.82. The summed E-state index contributed by atoms with van der Waals surface area (Å²) in [5.74, 6) is 1.40. The first-order valence-electron chi connectivity index (χ1n) is 11.6. The standard InChI is InChI=1S/C24H30N8S/c1-15(2)32-14-28-21-22(27-13-19-9-10-20(33-19)16-4-3-11-26-12-16)30-24(31-23(21)32)29-18-7-5-17(25)6-8-18/h3-4,9-12,14-15,17-18H,5-8,13,25H2,1-2H3,(H2,27,29,30,31). The molecule has 4 aromatic heterocycles. The third-order valence-corrected chi connectivity index (χ3v) is 7.25. The minimum atomic E-state index is 0.262. The first kappa shape index (κ1) is 21.8. The Labute approximate surface area is 197 Å². The molecule has 172 valence electrons. The zero-order chi connectivity index (χ0) is 22.8. The van der Waals surface area contributed by atoms with Gasteiger partial charge in [-0.05, 0) is 57.7 Å². The van der Waals surface area contributed by atoms with Crippen LogP contribution < -0.4 is 16.4 Å². The van der Waals surface area contributed by atoms with E-state index in [0.717, 1.165) is 48.2 Å². The molecule has 9 heteroatoms. The summed E-state index contributed by atoms with van der Waals surface area (Å²) in [6.07, 6.45) is 9.70. The molecule has 0 unspecified atom stereocenters. The summed E-state index contributed by atoms with van der Waals surface area (Å²) >= 11 is 1.75. The Morgan fingerprint density at radius 1 is 1.15 bits per heavy atom. The van der Waals surface area contributed by atoms with Crippen molar-refractivity contribution in [3.63, 3.8) is 0 Å². The molecule has 33 heavy (non-hydrogen) atoms. The zero-order valence-electron chi connectivity index (χ0n) is 19.0. The number of thiophene rings is 1. The Balaban J connectivity index is 1.39. The number of rotatable bonds is 7. The Bertz CT molecular complexity index is 1210. The number of hydrogen-bond donors (Lipinski definition) is 3. The van der Waals surface area contributed by atoms with Gasteiger partial charge in [-0.25, -0.2) is 4.98 Å². The summed E-state index contributed by atoms with van der Waals surface area (Å²) in [6.45, 7) is 4.94. The van der Waals surface area contributed by atoms with Gasteiger partial charge < -0.3 is 20.9 Å². The SMILES string of the molecule is CC(C)n1cnc2c(NCc3ccc(-c4cccnc4)s3)nc(NC3CCC(N)CC3)nc21. The maximum absolute atomic E-state index is 6.08. The van der Waals surface area contributed by atoms with Crippen molar-refractivity contribution >= 4 is 34.3 Å². The molecule has 4 N–H and O–H groups in total. The summed E-state index contributed by atoms with van der Waals surface area (Å²) in [6, 6.07) is 9.26. The van der Waals surface area contributed by atoms with Gasteiger partial charge in [-0.1, -0.05) is 6.07 Å². The number of imidazole rings is 1. The molecule has 0 amide bonds. The topological polar surface area (TPSA) is 107 Å². The summed E-state index contributed by atoms with van der Waals surface area (Å²) in [4.78, 5) is 20.9. The van der Waals surface area contributed by atoms with Gasteiger partial charge in [0.15, 0.2) is 17.0 Å². The minimum Gasteiger partial charge on any atom is -0.363 e. The van der Waals surface area contributed by atoms with Crippen LogP contribution in [0.1, 0.15) is 50.4 Å². The van der Waals surface area contributed by atoms with E-state index in [1.54, 1.807) is 17.5 Å². The maximum Gasteiger partial charge on any atom is 0.227 e. The minimum absolute atomic E-state index is 0.262.